The smallest absolute Gasteiger partial charge is 0.280 e. The number of unbranched alkanes of at least 4 members (excludes halogenated alkanes) is 7. The van der Waals surface area contributed by atoms with Crippen LogP contribution in [0.2, 0.25) is 5.02 Å². The molecule has 4 rings (SSSR count). The van der Waals surface area contributed by atoms with Gasteiger partial charge in [-0.3, -0.25) is 9.69 Å². The average molecular weight is 604 g/mol. The van der Waals surface area contributed by atoms with E-state index in [0.717, 1.165) is 38.4 Å². The number of aliphatic imine (C=N–C) groups is 1. The average Bonchev–Trinajstić information content (AvgIpc) is 3.03. The number of nitrogens with zero attached hydrogens (tertiary/aromatic N) is 3. The number of halogens is 1. The highest BCUT2D eigenvalue weighted by molar-refractivity contribution is 7.90. The van der Waals surface area contributed by atoms with Crippen molar-refractivity contribution in [3.63, 3.8) is 0 Å². The number of piperazine rings is 1. The van der Waals surface area contributed by atoms with Crippen molar-refractivity contribution in [3.8, 4) is 11.5 Å². The molecule has 0 unspecified atom stereocenters. The molecule has 0 atom stereocenters. The van der Waals surface area contributed by atoms with Gasteiger partial charge in [0.05, 0.1) is 10.8 Å². The molecule has 0 bridgehead atoms. The van der Waals surface area contributed by atoms with Crippen molar-refractivity contribution in [1.82, 2.24) is 4.90 Å². The lowest BCUT2D eigenvalue weighted by molar-refractivity contribution is 0.100. The van der Waals surface area contributed by atoms with Gasteiger partial charge in [0.15, 0.2) is 15.8 Å². The monoisotopic (exact) mass is 603 g/mol. The molecule has 224 valence electrons. The summed E-state index contributed by atoms with van der Waals surface area (Å²) in [7, 11) is -3.87. The van der Waals surface area contributed by atoms with E-state index in [2.05, 4.69) is 21.7 Å². The second-order valence-electron chi connectivity index (χ2n) is 11.0. The van der Waals surface area contributed by atoms with Crippen molar-refractivity contribution < 1.29 is 17.9 Å². The summed E-state index contributed by atoms with van der Waals surface area (Å²) in [6, 6.07) is 6.47. The molecular formula is C30H42ClN5O4S. The summed E-state index contributed by atoms with van der Waals surface area (Å²) in [6.45, 7) is 8.63. The summed E-state index contributed by atoms with van der Waals surface area (Å²) in [4.78, 5) is 20.6. The molecule has 41 heavy (non-hydrogen) atoms. The van der Waals surface area contributed by atoms with E-state index in [0.29, 0.717) is 21.9 Å². The molecule has 4 N–H and O–H groups in total. The number of amides is 1. The standard InChI is InChI=1S/C30H42ClN5O4S/c1-3-4-5-6-7-8-9-10-11-35-12-14-36(15-13-35)24-17-23-20-41(38,39)26-18-22(29(37)34-30(32)33)16-21(2)27(26)40-28(23)25(31)19-24/h16-19H,3-15,20H2,1-2H3,(H4,32,33,34,37). The van der Waals surface area contributed by atoms with Crippen LogP contribution >= 0.6 is 11.6 Å². The van der Waals surface area contributed by atoms with Gasteiger partial charge in [0.25, 0.3) is 5.91 Å². The van der Waals surface area contributed by atoms with E-state index < -0.39 is 21.7 Å². The number of hydrogen-bond acceptors (Lipinski definition) is 6. The summed E-state index contributed by atoms with van der Waals surface area (Å²) in [6.07, 6.45) is 10.5. The van der Waals surface area contributed by atoms with Crippen LogP contribution in [-0.2, 0) is 15.6 Å². The third-order valence-electron chi connectivity index (χ3n) is 7.77. The number of sulfone groups is 1. The fourth-order valence-corrected chi connectivity index (χ4v) is 7.37. The van der Waals surface area contributed by atoms with Crippen molar-refractivity contribution in [3.05, 3.63) is 46.0 Å². The molecule has 11 heteroatoms. The molecule has 0 spiro atoms. The van der Waals surface area contributed by atoms with Crippen molar-refractivity contribution >= 4 is 39.0 Å². The van der Waals surface area contributed by atoms with E-state index in [-0.39, 0.29) is 22.0 Å². The lowest BCUT2D eigenvalue weighted by atomic mass is 10.1. The number of guanidine groups is 1. The van der Waals surface area contributed by atoms with E-state index in [1.165, 1.54) is 63.5 Å². The Labute approximate surface area is 248 Å². The first-order valence-corrected chi connectivity index (χ1v) is 16.6. The Morgan fingerprint density at radius 2 is 1.61 bits per heavy atom. The maximum Gasteiger partial charge on any atom is 0.280 e. The number of ether oxygens (including phenoxy) is 1. The predicted molar refractivity (Wildman–Crippen MR) is 165 cm³/mol. The van der Waals surface area contributed by atoms with E-state index in [1.807, 2.05) is 12.1 Å². The van der Waals surface area contributed by atoms with E-state index in [1.54, 1.807) is 6.92 Å². The second-order valence-corrected chi connectivity index (χ2v) is 13.4. The molecule has 9 nitrogen and oxygen atoms in total. The number of hydrogen-bond donors (Lipinski definition) is 2. The molecule has 1 amide bonds. The van der Waals surface area contributed by atoms with Crippen LogP contribution in [0, 0.1) is 6.92 Å². The Morgan fingerprint density at radius 1 is 0.951 bits per heavy atom. The Hall–Kier alpha value is -2.82. The number of nitrogens with two attached hydrogens (primary N) is 2. The number of aryl methyl sites for hydroxylation is 1. The van der Waals surface area contributed by atoms with Crippen molar-refractivity contribution in [2.45, 2.75) is 75.9 Å². The summed E-state index contributed by atoms with van der Waals surface area (Å²) >= 11 is 6.70. The highest BCUT2D eigenvalue weighted by Gasteiger charge is 2.32. The first-order chi connectivity index (χ1) is 19.6. The van der Waals surface area contributed by atoms with E-state index in [4.69, 9.17) is 27.8 Å². The second kappa shape index (κ2) is 13.9. The number of carbonyl (C=O) groups is 1. The summed E-state index contributed by atoms with van der Waals surface area (Å²) in [5.74, 6) is -0.968. The van der Waals surface area contributed by atoms with Gasteiger partial charge in [-0.05, 0) is 49.7 Å². The zero-order valence-corrected chi connectivity index (χ0v) is 25.7. The van der Waals surface area contributed by atoms with Gasteiger partial charge >= 0.3 is 0 Å². The Bertz CT molecular complexity index is 1380. The fourth-order valence-electron chi connectivity index (χ4n) is 5.53. The quantitative estimate of drug-likeness (QED) is 0.198. The van der Waals surface area contributed by atoms with E-state index >= 15 is 0 Å². The minimum atomic E-state index is -3.87. The van der Waals surface area contributed by atoms with Crippen LogP contribution in [-0.4, -0.2) is 57.9 Å². The topological polar surface area (TPSA) is 131 Å². The normalized spacial score (nSPS) is 16.3. The number of benzene rings is 2. The molecule has 0 radical (unpaired) electrons. The molecule has 2 heterocycles. The Morgan fingerprint density at radius 3 is 2.27 bits per heavy atom. The molecule has 1 fully saturated rings. The Balaban J connectivity index is 1.42. The van der Waals surface area contributed by atoms with E-state index in [9.17, 15) is 13.2 Å². The third kappa shape index (κ3) is 7.93. The first kappa shape index (κ1) is 31.1. The van der Waals surface area contributed by atoms with Crippen molar-refractivity contribution in [2.75, 3.05) is 37.6 Å². The number of anilines is 1. The fraction of sp³-hybridized carbons (Fsp3) is 0.533. The lowest BCUT2D eigenvalue weighted by Crippen LogP contribution is -2.46. The molecule has 0 aromatic heterocycles. The van der Waals surface area contributed by atoms with Crippen LogP contribution in [0.5, 0.6) is 11.5 Å². The molecule has 0 saturated carbocycles. The highest BCUT2D eigenvalue weighted by atomic mass is 35.5. The van der Waals surface area contributed by atoms with Crippen molar-refractivity contribution in [1.29, 1.82) is 0 Å². The van der Waals surface area contributed by atoms with Gasteiger partial charge in [-0.25, -0.2) is 8.42 Å². The maximum atomic E-state index is 13.5. The Kier molecular flexibility index (Phi) is 10.5. The zero-order valence-electron chi connectivity index (χ0n) is 24.1. The number of carbonyl (C=O) groups excluding carboxylic acids is 1. The minimum Gasteiger partial charge on any atom is -0.454 e. The summed E-state index contributed by atoms with van der Waals surface area (Å²) in [5, 5.41) is 0.349. The first-order valence-electron chi connectivity index (χ1n) is 14.6. The molecule has 0 aliphatic carbocycles. The van der Waals surface area contributed by atoms with Gasteiger partial charge in [0.2, 0.25) is 0 Å². The van der Waals surface area contributed by atoms with Crippen molar-refractivity contribution in [2.24, 2.45) is 16.5 Å². The molecular weight excluding hydrogens is 562 g/mol. The molecule has 1 saturated heterocycles. The van der Waals surface area contributed by atoms with Gasteiger partial charge in [-0.15, -0.1) is 0 Å². The predicted octanol–water partition coefficient (Wildman–Crippen LogP) is 5.40. The number of rotatable bonds is 11. The van der Waals surface area contributed by atoms with Gasteiger partial charge in [-0.1, -0.05) is 63.5 Å². The summed E-state index contributed by atoms with van der Waals surface area (Å²) in [5.41, 5.74) is 12.6. The van der Waals surface area contributed by atoms with Crippen LogP contribution < -0.4 is 21.1 Å². The molecule has 2 aromatic rings. The third-order valence-corrected chi connectivity index (χ3v) is 9.72. The largest absolute Gasteiger partial charge is 0.454 e. The minimum absolute atomic E-state index is 0.0596. The van der Waals surface area contributed by atoms with Gasteiger partial charge in [-0.2, -0.15) is 4.99 Å². The summed E-state index contributed by atoms with van der Waals surface area (Å²) < 4.78 is 33.2. The zero-order chi connectivity index (χ0) is 29.6. The van der Waals surface area contributed by atoms with Crippen LogP contribution in [0.25, 0.3) is 0 Å². The van der Waals surface area contributed by atoms with Gasteiger partial charge < -0.3 is 21.1 Å². The maximum absolute atomic E-state index is 13.5. The molecule has 2 aliphatic heterocycles. The van der Waals surface area contributed by atoms with Gasteiger partial charge in [0, 0.05) is 43.0 Å². The lowest BCUT2D eigenvalue weighted by Gasteiger charge is -2.36. The van der Waals surface area contributed by atoms with Crippen LogP contribution in [0.3, 0.4) is 0 Å². The van der Waals surface area contributed by atoms with Crippen LogP contribution in [0.1, 0.15) is 79.8 Å². The van der Waals surface area contributed by atoms with Gasteiger partial charge in [0.1, 0.15) is 16.4 Å². The molecule has 2 aliphatic rings. The van der Waals surface area contributed by atoms with Crippen LogP contribution in [0.15, 0.2) is 34.2 Å². The number of fused-ring (bicyclic) bond motifs is 2. The SMILES string of the molecule is CCCCCCCCCCN1CCN(c2cc(Cl)c3c(c2)CS(=O)(=O)c2cc(C(=O)N=C(N)N)cc(C)c2O3)CC1. The van der Waals surface area contributed by atoms with Crippen LogP contribution in [0.4, 0.5) is 5.69 Å². The highest BCUT2D eigenvalue weighted by Crippen LogP contribution is 2.45. The molecule has 2 aromatic carbocycles.